The van der Waals surface area contributed by atoms with Gasteiger partial charge in [-0.3, -0.25) is 0 Å². The minimum Gasteiger partial charge on any atom is -0.387 e. The van der Waals surface area contributed by atoms with E-state index in [0.29, 0.717) is 17.6 Å². The Bertz CT molecular complexity index is 359. The first-order valence-corrected chi connectivity index (χ1v) is 7.21. The summed E-state index contributed by atoms with van der Waals surface area (Å²) >= 11 is 5.83. The summed E-state index contributed by atoms with van der Waals surface area (Å²) in [5, 5.41) is 14.3. The SMILES string of the molecule is C[C@H](NCC(O)c1ccc(Cl)cc1)C1CCCC1. The van der Waals surface area contributed by atoms with E-state index in [4.69, 9.17) is 11.6 Å². The lowest BCUT2D eigenvalue weighted by molar-refractivity contribution is 0.165. The Morgan fingerprint density at radius 1 is 1.28 bits per heavy atom. The van der Waals surface area contributed by atoms with Crippen LogP contribution in [-0.2, 0) is 0 Å². The zero-order valence-corrected chi connectivity index (χ0v) is 11.7. The van der Waals surface area contributed by atoms with Crippen molar-refractivity contribution >= 4 is 11.6 Å². The van der Waals surface area contributed by atoms with Gasteiger partial charge in [-0.15, -0.1) is 0 Å². The van der Waals surface area contributed by atoms with Crippen molar-refractivity contribution in [3.63, 3.8) is 0 Å². The Labute approximate surface area is 114 Å². The molecule has 2 rings (SSSR count). The Morgan fingerprint density at radius 2 is 1.89 bits per heavy atom. The molecule has 1 aromatic carbocycles. The topological polar surface area (TPSA) is 32.3 Å². The maximum absolute atomic E-state index is 10.1. The van der Waals surface area contributed by atoms with E-state index in [-0.39, 0.29) is 0 Å². The maximum atomic E-state index is 10.1. The molecule has 0 radical (unpaired) electrons. The molecule has 2 N–H and O–H groups in total. The van der Waals surface area contributed by atoms with Gasteiger partial charge in [-0.2, -0.15) is 0 Å². The zero-order chi connectivity index (χ0) is 13.0. The second-order valence-corrected chi connectivity index (χ2v) is 5.75. The van der Waals surface area contributed by atoms with Crippen molar-refractivity contribution in [3.05, 3.63) is 34.9 Å². The summed E-state index contributed by atoms with van der Waals surface area (Å²) in [4.78, 5) is 0. The highest BCUT2D eigenvalue weighted by molar-refractivity contribution is 6.30. The van der Waals surface area contributed by atoms with E-state index in [0.717, 1.165) is 11.5 Å². The zero-order valence-electron chi connectivity index (χ0n) is 10.9. The molecule has 1 aliphatic carbocycles. The van der Waals surface area contributed by atoms with Crippen molar-refractivity contribution in [2.75, 3.05) is 6.54 Å². The summed E-state index contributed by atoms with van der Waals surface area (Å²) in [6.45, 7) is 2.84. The van der Waals surface area contributed by atoms with Gasteiger partial charge in [0.1, 0.15) is 0 Å². The molecular weight excluding hydrogens is 246 g/mol. The van der Waals surface area contributed by atoms with Gasteiger partial charge in [0.15, 0.2) is 0 Å². The molecule has 3 heteroatoms. The molecule has 18 heavy (non-hydrogen) atoms. The normalized spacial score (nSPS) is 19.9. The van der Waals surface area contributed by atoms with E-state index in [2.05, 4.69) is 12.2 Å². The van der Waals surface area contributed by atoms with Gasteiger partial charge in [-0.25, -0.2) is 0 Å². The van der Waals surface area contributed by atoms with Crippen molar-refractivity contribution in [3.8, 4) is 0 Å². The third-order valence-electron chi connectivity index (χ3n) is 3.99. The molecule has 1 unspecified atom stereocenters. The molecule has 2 atom stereocenters. The second-order valence-electron chi connectivity index (χ2n) is 5.31. The smallest absolute Gasteiger partial charge is 0.0914 e. The van der Waals surface area contributed by atoms with Crippen molar-refractivity contribution in [2.24, 2.45) is 5.92 Å². The van der Waals surface area contributed by atoms with Gasteiger partial charge >= 0.3 is 0 Å². The van der Waals surface area contributed by atoms with Gasteiger partial charge < -0.3 is 10.4 Å². The summed E-state index contributed by atoms with van der Waals surface area (Å²) in [7, 11) is 0. The number of hydrogen-bond donors (Lipinski definition) is 2. The van der Waals surface area contributed by atoms with Crippen LogP contribution >= 0.6 is 11.6 Å². The summed E-state index contributed by atoms with van der Waals surface area (Å²) in [6.07, 6.45) is 4.91. The number of nitrogens with one attached hydrogen (secondary N) is 1. The Balaban J connectivity index is 1.80. The van der Waals surface area contributed by atoms with E-state index in [1.807, 2.05) is 24.3 Å². The number of aliphatic hydroxyl groups excluding tert-OH is 1. The van der Waals surface area contributed by atoms with Crippen molar-refractivity contribution in [1.82, 2.24) is 5.32 Å². The molecular formula is C15H22ClNO. The first-order valence-electron chi connectivity index (χ1n) is 6.83. The third-order valence-corrected chi connectivity index (χ3v) is 4.25. The van der Waals surface area contributed by atoms with Crippen LogP contribution in [0.25, 0.3) is 0 Å². The highest BCUT2D eigenvalue weighted by Gasteiger charge is 2.21. The van der Waals surface area contributed by atoms with Gasteiger partial charge in [0.25, 0.3) is 0 Å². The van der Waals surface area contributed by atoms with Crippen LogP contribution in [0.1, 0.15) is 44.3 Å². The molecule has 100 valence electrons. The van der Waals surface area contributed by atoms with Crippen LogP contribution in [0.4, 0.5) is 0 Å². The number of benzene rings is 1. The lowest BCUT2D eigenvalue weighted by Gasteiger charge is -2.22. The molecule has 0 aliphatic heterocycles. The van der Waals surface area contributed by atoms with Gasteiger partial charge in [0, 0.05) is 17.6 Å². The fourth-order valence-corrected chi connectivity index (χ4v) is 2.85. The Kier molecular flexibility index (Phi) is 5.04. The van der Waals surface area contributed by atoms with E-state index in [1.54, 1.807) is 0 Å². The predicted octanol–water partition coefficient (Wildman–Crippen LogP) is 3.54. The molecule has 2 nitrogen and oxygen atoms in total. The number of aliphatic hydroxyl groups is 1. The Hall–Kier alpha value is -0.570. The minimum atomic E-state index is -0.453. The van der Waals surface area contributed by atoms with Gasteiger partial charge in [0.05, 0.1) is 6.10 Å². The highest BCUT2D eigenvalue weighted by Crippen LogP contribution is 2.27. The van der Waals surface area contributed by atoms with Crippen molar-refractivity contribution < 1.29 is 5.11 Å². The lowest BCUT2D eigenvalue weighted by Crippen LogP contribution is -2.35. The highest BCUT2D eigenvalue weighted by atomic mass is 35.5. The number of halogens is 1. The maximum Gasteiger partial charge on any atom is 0.0914 e. The first-order chi connectivity index (χ1) is 8.66. The average Bonchev–Trinajstić information content (AvgIpc) is 2.90. The van der Waals surface area contributed by atoms with E-state index in [9.17, 15) is 5.11 Å². The largest absolute Gasteiger partial charge is 0.387 e. The van der Waals surface area contributed by atoms with Crippen LogP contribution in [0, 0.1) is 5.92 Å². The third kappa shape index (κ3) is 3.71. The molecule has 1 saturated carbocycles. The second kappa shape index (κ2) is 6.55. The van der Waals surface area contributed by atoms with Crippen LogP contribution in [-0.4, -0.2) is 17.7 Å². The van der Waals surface area contributed by atoms with Crippen LogP contribution in [0.15, 0.2) is 24.3 Å². The molecule has 0 saturated heterocycles. The van der Waals surface area contributed by atoms with Gasteiger partial charge in [0.2, 0.25) is 0 Å². The molecule has 0 spiro atoms. The Morgan fingerprint density at radius 3 is 2.50 bits per heavy atom. The average molecular weight is 268 g/mol. The van der Waals surface area contributed by atoms with Crippen LogP contribution < -0.4 is 5.32 Å². The summed E-state index contributed by atoms with van der Waals surface area (Å²) < 4.78 is 0. The fourth-order valence-electron chi connectivity index (χ4n) is 2.72. The molecule has 0 amide bonds. The van der Waals surface area contributed by atoms with Crippen molar-refractivity contribution in [2.45, 2.75) is 44.8 Å². The van der Waals surface area contributed by atoms with E-state index < -0.39 is 6.10 Å². The van der Waals surface area contributed by atoms with Crippen LogP contribution in [0.2, 0.25) is 5.02 Å². The van der Waals surface area contributed by atoms with Crippen molar-refractivity contribution in [1.29, 1.82) is 0 Å². The van der Waals surface area contributed by atoms with Gasteiger partial charge in [-0.05, 0) is 43.4 Å². The first kappa shape index (κ1) is 13.9. The number of rotatable bonds is 5. The van der Waals surface area contributed by atoms with E-state index in [1.165, 1.54) is 25.7 Å². The quantitative estimate of drug-likeness (QED) is 0.855. The molecule has 0 heterocycles. The fraction of sp³-hybridized carbons (Fsp3) is 0.600. The molecule has 1 aromatic rings. The van der Waals surface area contributed by atoms with Crippen LogP contribution in [0.5, 0.6) is 0 Å². The molecule has 1 aliphatic rings. The molecule has 0 bridgehead atoms. The lowest BCUT2D eigenvalue weighted by atomic mass is 9.99. The summed E-state index contributed by atoms with van der Waals surface area (Å²) in [5.74, 6) is 0.780. The standard InChI is InChI=1S/C15H22ClNO/c1-11(12-4-2-3-5-12)17-10-15(18)13-6-8-14(16)9-7-13/h6-9,11-12,15,17-18H,2-5,10H2,1H3/t11-,15?/m0/s1. The summed E-state index contributed by atoms with van der Waals surface area (Å²) in [5.41, 5.74) is 0.922. The van der Waals surface area contributed by atoms with E-state index >= 15 is 0 Å². The molecule has 0 aromatic heterocycles. The van der Waals surface area contributed by atoms with Crippen LogP contribution in [0.3, 0.4) is 0 Å². The molecule has 1 fully saturated rings. The minimum absolute atomic E-state index is 0.453. The summed E-state index contributed by atoms with van der Waals surface area (Å²) in [6, 6.07) is 7.90. The number of hydrogen-bond acceptors (Lipinski definition) is 2. The predicted molar refractivity (Wildman–Crippen MR) is 75.8 cm³/mol. The monoisotopic (exact) mass is 267 g/mol. The van der Waals surface area contributed by atoms with Gasteiger partial charge in [-0.1, -0.05) is 36.6 Å².